The Hall–Kier alpha value is -2.37. The van der Waals surface area contributed by atoms with Gasteiger partial charge >= 0.3 is 5.97 Å². The molecule has 0 aliphatic rings. The zero-order valence-electron chi connectivity index (χ0n) is 14.5. The average molecular weight is 320 g/mol. The highest BCUT2D eigenvalue weighted by Gasteiger charge is 2.24. The van der Waals surface area contributed by atoms with Crippen LogP contribution in [0.25, 0.3) is 0 Å². The smallest absolute Gasteiger partial charge is 0.337 e. The number of anilines is 2. The topological polar surface area (TPSA) is 75.7 Å². The van der Waals surface area contributed by atoms with Crippen molar-refractivity contribution in [3.63, 3.8) is 0 Å². The summed E-state index contributed by atoms with van der Waals surface area (Å²) in [5, 5.41) is 2.71. The van der Waals surface area contributed by atoms with E-state index in [1.807, 2.05) is 19.0 Å². The highest BCUT2D eigenvalue weighted by atomic mass is 16.5. The van der Waals surface area contributed by atoms with Crippen LogP contribution in [0.1, 0.15) is 37.6 Å². The number of Topliss-reactive ketones (excluding diaryl/α,β-unsaturated/α-hetero) is 1. The third kappa shape index (κ3) is 5.09. The van der Waals surface area contributed by atoms with Crippen molar-refractivity contribution < 1.29 is 19.1 Å². The van der Waals surface area contributed by atoms with Crippen molar-refractivity contribution >= 4 is 29.0 Å². The molecule has 1 rings (SSSR count). The van der Waals surface area contributed by atoms with E-state index in [2.05, 4.69) is 10.1 Å². The molecule has 0 saturated heterocycles. The molecule has 0 saturated carbocycles. The van der Waals surface area contributed by atoms with Crippen LogP contribution in [-0.4, -0.2) is 38.9 Å². The predicted molar refractivity (Wildman–Crippen MR) is 89.8 cm³/mol. The summed E-state index contributed by atoms with van der Waals surface area (Å²) < 4.78 is 4.69. The SMILES string of the molecule is COC(=O)c1ccc(N(C)C)c(NC(=O)CC(=O)C(C)(C)C)c1. The molecule has 0 aliphatic heterocycles. The van der Waals surface area contributed by atoms with Gasteiger partial charge in [-0.05, 0) is 18.2 Å². The molecule has 0 heterocycles. The molecule has 0 aromatic heterocycles. The van der Waals surface area contributed by atoms with Crippen LogP contribution in [0.5, 0.6) is 0 Å². The van der Waals surface area contributed by atoms with Gasteiger partial charge in [0.15, 0.2) is 0 Å². The molecule has 0 radical (unpaired) electrons. The lowest BCUT2D eigenvalue weighted by atomic mass is 9.89. The van der Waals surface area contributed by atoms with Crippen LogP contribution in [0.15, 0.2) is 18.2 Å². The van der Waals surface area contributed by atoms with Crippen molar-refractivity contribution in [1.82, 2.24) is 0 Å². The van der Waals surface area contributed by atoms with E-state index in [9.17, 15) is 14.4 Å². The van der Waals surface area contributed by atoms with Gasteiger partial charge in [-0.2, -0.15) is 0 Å². The Morgan fingerprint density at radius 2 is 1.78 bits per heavy atom. The van der Waals surface area contributed by atoms with E-state index >= 15 is 0 Å². The van der Waals surface area contributed by atoms with Gasteiger partial charge in [0.05, 0.1) is 30.5 Å². The summed E-state index contributed by atoms with van der Waals surface area (Å²) in [5.74, 6) is -1.04. The standard InChI is InChI=1S/C17H24N2O4/c1-17(2,3)14(20)10-15(21)18-12-9-11(16(22)23-6)7-8-13(12)19(4)5/h7-9H,10H2,1-6H3,(H,18,21). The molecule has 0 aliphatic carbocycles. The van der Waals surface area contributed by atoms with E-state index in [-0.39, 0.29) is 12.2 Å². The van der Waals surface area contributed by atoms with E-state index < -0.39 is 17.3 Å². The maximum Gasteiger partial charge on any atom is 0.337 e. The molecule has 6 nitrogen and oxygen atoms in total. The molecule has 1 aromatic rings. The van der Waals surface area contributed by atoms with E-state index in [1.54, 1.807) is 39.0 Å². The molecule has 0 spiro atoms. The number of carbonyl (C=O) groups is 3. The number of carbonyl (C=O) groups excluding carboxylic acids is 3. The molecule has 1 N–H and O–H groups in total. The third-order valence-corrected chi connectivity index (χ3v) is 3.33. The Balaban J connectivity index is 3.03. The number of benzene rings is 1. The van der Waals surface area contributed by atoms with E-state index in [4.69, 9.17) is 0 Å². The lowest BCUT2D eigenvalue weighted by molar-refractivity contribution is -0.130. The largest absolute Gasteiger partial charge is 0.465 e. The van der Waals surface area contributed by atoms with Crippen LogP contribution in [0, 0.1) is 5.41 Å². The summed E-state index contributed by atoms with van der Waals surface area (Å²) in [6.45, 7) is 5.31. The monoisotopic (exact) mass is 320 g/mol. The molecule has 0 bridgehead atoms. The number of hydrogen-bond donors (Lipinski definition) is 1. The average Bonchev–Trinajstić information content (AvgIpc) is 2.44. The first kappa shape index (κ1) is 18.7. The van der Waals surface area contributed by atoms with Gasteiger partial charge < -0.3 is 15.0 Å². The minimum absolute atomic E-state index is 0.148. The maximum absolute atomic E-state index is 12.1. The number of nitrogens with one attached hydrogen (secondary N) is 1. The molecule has 126 valence electrons. The number of hydrogen-bond acceptors (Lipinski definition) is 5. The summed E-state index contributed by atoms with van der Waals surface area (Å²) in [4.78, 5) is 37.5. The molecule has 6 heteroatoms. The summed E-state index contributed by atoms with van der Waals surface area (Å²) in [5.41, 5.74) is 0.949. The van der Waals surface area contributed by atoms with Crippen LogP contribution < -0.4 is 10.2 Å². The first-order valence-electron chi connectivity index (χ1n) is 7.29. The summed E-state index contributed by atoms with van der Waals surface area (Å²) in [7, 11) is 4.94. The molecule has 0 unspecified atom stereocenters. The van der Waals surface area contributed by atoms with E-state index in [0.717, 1.165) is 5.69 Å². The number of methoxy groups -OCH3 is 1. The fraction of sp³-hybridized carbons (Fsp3) is 0.471. The maximum atomic E-state index is 12.1. The van der Waals surface area contributed by atoms with E-state index in [1.165, 1.54) is 7.11 Å². The van der Waals surface area contributed by atoms with Crippen LogP contribution in [0.2, 0.25) is 0 Å². The second-order valence-corrected chi connectivity index (χ2v) is 6.52. The normalized spacial score (nSPS) is 10.9. The van der Waals surface area contributed by atoms with Gasteiger partial charge in [-0.3, -0.25) is 9.59 Å². The van der Waals surface area contributed by atoms with Crippen molar-refractivity contribution in [3.05, 3.63) is 23.8 Å². The van der Waals surface area contributed by atoms with Crippen LogP contribution in [0.4, 0.5) is 11.4 Å². The number of ketones is 1. The summed E-state index contributed by atoms with van der Waals surface area (Å²) in [6, 6.07) is 4.88. The number of amides is 1. The van der Waals surface area contributed by atoms with Crippen molar-refractivity contribution in [3.8, 4) is 0 Å². The Labute approximate surface area is 136 Å². The van der Waals surface area contributed by atoms with Crippen LogP contribution in [-0.2, 0) is 14.3 Å². The second-order valence-electron chi connectivity index (χ2n) is 6.52. The lowest BCUT2D eigenvalue weighted by Gasteiger charge is -2.20. The van der Waals surface area contributed by atoms with Gasteiger partial charge in [0, 0.05) is 19.5 Å². The molecular weight excluding hydrogens is 296 g/mol. The predicted octanol–water partition coefficient (Wildman–Crippen LogP) is 2.48. The Kier molecular flexibility index (Phi) is 5.90. The molecule has 23 heavy (non-hydrogen) atoms. The highest BCUT2D eigenvalue weighted by molar-refractivity contribution is 6.07. The zero-order chi connectivity index (χ0) is 17.8. The molecule has 1 aromatic carbocycles. The van der Waals surface area contributed by atoms with Gasteiger partial charge in [-0.25, -0.2) is 4.79 Å². The number of nitrogens with zero attached hydrogens (tertiary/aromatic N) is 1. The minimum Gasteiger partial charge on any atom is -0.465 e. The highest BCUT2D eigenvalue weighted by Crippen LogP contribution is 2.26. The van der Waals surface area contributed by atoms with Crippen LogP contribution >= 0.6 is 0 Å². The second kappa shape index (κ2) is 7.26. The Morgan fingerprint density at radius 1 is 1.17 bits per heavy atom. The summed E-state index contributed by atoms with van der Waals surface area (Å²) in [6.07, 6.45) is -0.210. The third-order valence-electron chi connectivity index (χ3n) is 3.33. The molecule has 0 fully saturated rings. The Bertz CT molecular complexity index is 616. The number of ether oxygens (including phenoxy) is 1. The van der Waals surface area contributed by atoms with Gasteiger partial charge in [0.25, 0.3) is 0 Å². The van der Waals surface area contributed by atoms with Gasteiger partial charge in [0.1, 0.15) is 5.78 Å². The first-order valence-corrected chi connectivity index (χ1v) is 7.29. The van der Waals surface area contributed by atoms with Crippen molar-refractivity contribution in [2.24, 2.45) is 5.41 Å². The fourth-order valence-electron chi connectivity index (χ4n) is 1.88. The number of esters is 1. The lowest BCUT2D eigenvalue weighted by Crippen LogP contribution is -2.26. The van der Waals surface area contributed by atoms with Crippen LogP contribution in [0.3, 0.4) is 0 Å². The fourth-order valence-corrected chi connectivity index (χ4v) is 1.88. The minimum atomic E-state index is -0.574. The number of rotatable bonds is 5. The molecular formula is C17H24N2O4. The molecule has 1 amide bonds. The Morgan fingerprint density at radius 3 is 2.26 bits per heavy atom. The zero-order valence-corrected chi connectivity index (χ0v) is 14.5. The van der Waals surface area contributed by atoms with Crippen molar-refractivity contribution in [2.45, 2.75) is 27.2 Å². The van der Waals surface area contributed by atoms with Crippen molar-refractivity contribution in [2.75, 3.05) is 31.4 Å². The van der Waals surface area contributed by atoms with E-state index in [0.29, 0.717) is 11.3 Å². The van der Waals surface area contributed by atoms with Crippen molar-refractivity contribution in [1.29, 1.82) is 0 Å². The quantitative estimate of drug-likeness (QED) is 0.666. The van der Waals surface area contributed by atoms with Gasteiger partial charge in [0.2, 0.25) is 5.91 Å². The van der Waals surface area contributed by atoms with Gasteiger partial charge in [-0.1, -0.05) is 20.8 Å². The summed E-state index contributed by atoms with van der Waals surface area (Å²) >= 11 is 0. The first-order chi connectivity index (χ1) is 10.6. The van der Waals surface area contributed by atoms with Gasteiger partial charge in [-0.15, -0.1) is 0 Å². The molecule has 0 atom stereocenters.